The first-order valence-electron chi connectivity index (χ1n) is 5.99. The van der Waals surface area contributed by atoms with Gasteiger partial charge in [0.25, 0.3) is 0 Å². The third-order valence-electron chi connectivity index (χ3n) is 2.71. The lowest BCUT2D eigenvalue weighted by Crippen LogP contribution is -2.27. The summed E-state index contributed by atoms with van der Waals surface area (Å²) >= 11 is 0. The van der Waals surface area contributed by atoms with Crippen molar-refractivity contribution in [3.05, 3.63) is 35.4 Å². The lowest BCUT2D eigenvalue weighted by atomic mass is 9.86. The number of nitrogens with one attached hydrogen (secondary N) is 2. The summed E-state index contributed by atoms with van der Waals surface area (Å²) in [4.78, 5) is 0. The third kappa shape index (κ3) is 4.33. The molecule has 0 aliphatic heterocycles. The molecule has 0 amide bonds. The van der Waals surface area contributed by atoms with E-state index in [9.17, 15) is 0 Å². The molecule has 2 heteroatoms. The first kappa shape index (κ1) is 13.2. The van der Waals surface area contributed by atoms with Crippen molar-refractivity contribution in [2.75, 3.05) is 20.3 Å². The van der Waals surface area contributed by atoms with Crippen LogP contribution in [0.1, 0.15) is 31.9 Å². The number of hydrogen-bond donors (Lipinski definition) is 2. The van der Waals surface area contributed by atoms with E-state index in [1.807, 2.05) is 7.05 Å². The monoisotopic (exact) mass is 220 g/mol. The van der Waals surface area contributed by atoms with Crippen molar-refractivity contribution in [1.29, 1.82) is 0 Å². The molecule has 16 heavy (non-hydrogen) atoms. The van der Waals surface area contributed by atoms with Gasteiger partial charge in [-0.05, 0) is 30.0 Å². The van der Waals surface area contributed by atoms with Crippen LogP contribution in [0.5, 0.6) is 0 Å². The molecule has 0 aromatic heterocycles. The van der Waals surface area contributed by atoms with Gasteiger partial charge in [-0.2, -0.15) is 0 Å². The van der Waals surface area contributed by atoms with Crippen LogP contribution in [0.25, 0.3) is 0 Å². The van der Waals surface area contributed by atoms with Crippen LogP contribution in [0.2, 0.25) is 0 Å². The Morgan fingerprint density at radius 3 is 2.19 bits per heavy atom. The Morgan fingerprint density at radius 1 is 1.06 bits per heavy atom. The Morgan fingerprint density at radius 2 is 1.69 bits per heavy atom. The molecular weight excluding hydrogens is 196 g/mol. The first-order valence-corrected chi connectivity index (χ1v) is 5.99. The molecule has 2 nitrogen and oxygen atoms in total. The average Bonchev–Trinajstić information content (AvgIpc) is 2.24. The summed E-state index contributed by atoms with van der Waals surface area (Å²) in [6.45, 7) is 8.64. The molecule has 0 fully saturated rings. The standard InChI is InChI=1S/C14H24N2/c1-14(2,3)13-7-5-12(6-8-13)9-10-16-11-15-4/h5-8,15-16H,9-11H2,1-4H3. The SMILES string of the molecule is CNCNCCc1ccc(C(C)(C)C)cc1. The van der Waals surface area contributed by atoms with Crippen LogP contribution in [0, 0.1) is 0 Å². The second-order valence-corrected chi connectivity index (χ2v) is 5.23. The highest BCUT2D eigenvalue weighted by Gasteiger charge is 2.12. The molecule has 0 saturated heterocycles. The topological polar surface area (TPSA) is 24.1 Å². The third-order valence-corrected chi connectivity index (χ3v) is 2.71. The van der Waals surface area contributed by atoms with E-state index >= 15 is 0 Å². The number of benzene rings is 1. The lowest BCUT2D eigenvalue weighted by Gasteiger charge is -2.19. The largest absolute Gasteiger partial charge is 0.308 e. The minimum absolute atomic E-state index is 0.253. The zero-order chi connectivity index (χ0) is 12.0. The lowest BCUT2D eigenvalue weighted by molar-refractivity contribution is 0.589. The smallest absolute Gasteiger partial charge is 0.0451 e. The van der Waals surface area contributed by atoms with E-state index in [-0.39, 0.29) is 5.41 Å². The van der Waals surface area contributed by atoms with E-state index < -0.39 is 0 Å². The Hall–Kier alpha value is -0.860. The first-order chi connectivity index (χ1) is 7.54. The zero-order valence-corrected chi connectivity index (χ0v) is 10.9. The summed E-state index contributed by atoms with van der Waals surface area (Å²) in [6, 6.07) is 8.96. The molecule has 1 aromatic carbocycles. The van der Waals surface area contributed by atoms with E-state index in [2.05, 4.69) is 55.7 Å². The molecule has 1 rings (SSSR count). The molecule has 0 aliphatic rings. The predicted molar refractivity (Wildman–Crippen MR) is 70.8 cm³/mol. The van der Waals surface area contributed by atoms with E-state index in [1.165, 1.54) is 11.1 Å². The molecular formula is C14H24N2. The van der Waals surface area contributed by atoms with Gasteiger partial charge in [-0.1, -0.05) is 45.0 Å². The summed E-state index contributed by atoms with van der Waals surface area (Å²) in [5, 5.41) is 6.39. The summed E-state index contributed by atoms with van der Waals surface area (Å²) in [5.74, 6) is 0. The molecule has 0 atom stereocenters. The quantitative estimate of drug-likeness (QED) is 0.588. The Kier molecular flexibility index (Phi) is 4.97. The zero-order valence-electron chi connectivity index (χ0n) is 10.9. The second-order valence-electron chi connectivity index (χ2n) is 5.23. The molecule has 90 valence electrons. The Balaban J connectivity index is 2.46. The van der Waals surface area contributed by atoms with E-state index in [1.54, 1.807) is 0 Å². The second kappa shape index (κ2) is 6.02. The molecule has 0 radical (unpaired) electrons. The van der Waals surface area contributed by atoms with Gasteiger partial charge in [0.05, 0.1) is 0 Å². The maximum Gasteiger partial charge on any atom is 0.0451 e. The van der Waals surface area contributed by atoms with Crippen molar-refractivity contribution in [1.82, 2.24) is 10.6 Å². The predicted octanol–water partition coefficient (Wildman–Crippen LogP) is 2.29. The highest BCUT2D eigenvalue weighted by molar-refractivity contribution is 5.27. The van der Waals surface area contributed by atoms with Crippen molar-refractivity contribution in [2.45, 2.75) is 32.6 Å². The van der Waals surface area contributed by atoms with Crippen molar-refractivity contribution >= 4 is 0 Å². The highest BCUT2D eigenvalue weighted by Crippen LogP contribution is 2.22. The van der Waals surface area contributed by atoms with Gasteiger partial charge in [0.2, 0.25) is 0 Å². The Labute approximate surface area is 99.5 Å². The summed E-state index contributed by atoms with van der Waals surface area (Å²) in [6.07, 6.45) is 1.09. The van der Waals surface area contributed by atoms with Gasteiger partial charge in [0, 0.05) is 13.2 Å². The van der Waals surface area contributed by atoms with Gasteiger partial charge >= 0.3 is 0 Å². The van der Waals surface area contributed by atoms with Gasteiger partial charge in [-0.25, -0.2) is 0 Å². The maximum atomic E-state index is 3.32. The van der Waals surface area contributed by atoms with Gasteiger partial charge in [-0.15, -0.1) is 0 Å². The van der Waals surface area contributed by atoms with Gasteiger partial charge < -0.3 is 10.6 Å². The van der Waals surface area contributed by atoms with Crippen LogP contribution in [-0.2, 0) is 11.8 Å². The highest BCUT2D eigenvalue weighted by atomic mass is 15.0. The average molecular weight is 220 g/mol. The van der Waals surface area contributed by atoms with Crippen LogP contribution in [0.3, 0.4) is 0 Å². The molecule has 2 N–H and O–H groups in total. The molecule has 0 saturated carbocycles. The van der Waals surface area contributed by atoms with Crippen LogP contribution >= 0.6 is 0 Å². The molecule has 1 aromatic rings. The van der Waals surface area contributed by atoms with Crippen molar-refractivity contribution in [3.63, 3.8) is 0 Å². The molecule has 0 spiro atoms. The summed E-state index contributed by atoms with van der Waals surface area (Å²) in [7, 11) is 1.95. The van der Waals surface area contributed by atoms with Crippen molar-refractivity contribution in [2.24, 2.45) is 0 Å². The van der Waals surface area contributed by atoms with Crippen LogP contribution < -0.4 is 10.6 Å². The van der Waals surface area contributed by atoms with Gasteiger partial charge in [0.1, 0.15) is 0 Å². The molecule has 0 aliphatic carbocycles. The van der Waals surface area contributed by atoms with Crippen LogP contribution in [0.4, 0.5) is 0 Å². The van der Waals surface area contributed by atoms with E-state index in [0.29, 0.717) is 0 Å². The van der Waals surface area contributed by atoms with Crippen LogP contribution in [-0.4, -0.2) is 20.3 Å². The normalized spacial score (nSPS) is 11.8. The van der Waals surface area contributed by atoms with Crippen molar-refractivity contribution in [3.8, 4) is 0 Å². The minimum atomic E-state index is 0.253. The molecule has 0 heterocycles. The molecule has 0 unspecified atom stereocenters. The van der Waals surface area contributed by atoms with Crippen molar-refractivity contribution < 1.29 is 0 Å². The van der Waals surface area contributed by atoms with Gasteiger partial charge in [0.15, 0.2) is 0 Å². The van der Waals surface area contributed by atoms with Crippen LogP contribution in [0.15, 0.2) is 24.3 Å². The fourth-order valence-corrected chi connectivity index (χ4v) is 1.62. The van der Waals surface area contributed by atoms with Gasteiger partial charge in [-0.3, -0.25) is 0 Å². The number of hydrogen-bond acceptors (Lipinski definition) is 2. The summed E-state index contributed by atoms with van der Waals surface area (Å²) in [5.41, 5.74) is 3.05. The summed E-state index contributed by atoms with van der Waals surface area (Å²) < 4.78 is 0. The maximum absolute atomic E-state index is 3.32. The molecule has 0 bridgehead atoms. The fraction of sp³-hybridized carbons (Fsp3) is 0.571. The van der Waals surface area contributed by atoms with E-state index in [4.69, 9.17) is 0 Å². The fourth-order valence-electron chi connectivity index (χ4n) is 1.62. The van der Waals surface area contributed by atoms with E-state index in [0.717, 1.165) is 19.6 Å². The number of rotatable bonds is 5. The Bertz CT molecular complexity index is 296. The minimum Gasteiger partial charge on any atom is -0.308 e.